The van der Waals surface area contributed by atoms with E-state index in [9.17, 15) is 5.11 Å². The van der Waals surface area contributed by atoms with E-state index in [4.69, 9.17) is 4.98 Å². The molecular weight excluding hydrogens is 268 g/mol. The second-order valence-corrected chi connectivity index (χ2v) is 6.15. The Balaban J connectivity index is 2.13. The molecule has 0 aliphatic carbocycles. The summed E-state index contributed by atoms with van der Waals surface area (Å²) in [6.07, 6.45) is 5.48. The molecule has 0 amide bonds. The lowest BCUT2D eigenvalue weighted by Crippen LogP contribution is -2.15. The molecule has 1 aromatic carbocycles. The van der Waals surface area contributed by atoms with Gasteiger partial charge in [-0.1, -0.05) is 19.1 Å². The monoisotopic (exact) mass is 292 g/mol. The Kier molecular flexibility index (Phi) is 5.92. The van der Waals surface area contributed by atoms with E-state index < -0.39 is 0 Å². The zero-order valence-electron chi connectivity index (χ0n) is 12.4. The van der Waals surface area contributed by atoms with Crippen LogP contribution in [0.5, 0.6) is 0 Å². The summed E-state index contributed by atoms with van der Waals surface area (Å²) in [5.41, 5.74) is 2.22. The molecule has 20 heavy (non-hydrogen) atoms. The number of imidazole rings is 1. The maximum absolute atomic E-state index is 10.2. The number of hydrogen-bond acceptors (Lipinski definition) is 3. The summed E-state index contributed by atoms with van der Waals surface area (Å²) in [5.74, 6) is 2.13. The molecule has 0 aliphatic heterocycles. The largest absolute Gasteiger partial charge is 0.393 e. The highest BCUT2D eigenvalue weighted by Crippen LogP contribution is 2.18. The summed E-state index contributed by atoms with van der Waals surface area (Å²) in [6, 6.07) is 8.23. The van der Waals surface area contributed by atoms with Gasteiger partial charge in [0.15, 0.2) is 0 Å². The molecule has 3 nitrogen and oxygen atoms in total. The van der Waals surface area contributed by atoms with Gasteiger partial charge in [-0.2, -0.15) is 11.8 Å². The molecule has 0 spiro atoms. The Morgan fingerprint density at radius 2 is 2.15 bits per heavy atom. The number of hydrogen-bond donors (Lipinski definition) is 1. The minimum absolute atomic E-state index is 0.283. The average molecular weight is 292 g/mol. The number of aromatic nitrogens is 2. The van der Waals surface area contributed by atoms with Crippen molar-refractivity contribution < 1.29 is 5.11 Å². The van der Waals surface area contributed by atoms with Gasteiger partial charge >= 0.3 is 0 Å². The van der Waals surface area contributed by atoms with Gasteiger partial charge in [0.1, 0.15) is 5.82 Å². The van der Waals surface area contributed by atoms with Crippen molar-refractivity contribution in [3.8, 4) is 0 Å². The number of aryl methyl sites for hydroxylation is 1. The van der Waals surface area contributed by atoms with Gasteiger partial charge in [-0.25, -0.2) is 4.98 Å². The van der Waals surface area contributed by atoms with Crippen LogP contribution in [0.15, 0.2) is 24.3 Å². The summed E-state index contributed by atoms with van der Waals surface area (Å²) in [5, 5.41) is 10.2. The number of aliphatic hydroxyl groups is 1. The number of nitrogens with zero attached hydrogens (tertiary/aromatic N) is 2. The number of rotatable bonds is 8. The van der Waals surface area contributed by atoms with Crippen LogP contribution in [-0.2, 0) is 13.0 Å². The fourth-order valence-electron chi connectivity index (χ4n) is 2.53. The quantitative estimate of drug-likeness (QED) is 0.757. The van der Waals surface area contributed by atoms with Crippen LogP contribution in [0.2, 0.25) is 0 Å². The Hall–Kier alpha value is -1.00. The number of thioether (sulfide) groups is 1. The average Bonchev–Trinajstić information content (AvgIpc) is 2.78. The summed E-state index contributed by atoms with van der Waals surface area (Å²) < 4.78 is 2.26. The molecule has 1 atom stereocenters. The zero-order valence-corrected chi connectivity index (χ0v) is 13.2. The second kappa shape index (κ2) is 7.70. The van der Waals surface area contributed by atoms with Crippen LogP contribution < -0.4 is 0 Å². The number of fused-ring (bicyclic) bond motifs is 1. The molecule has 4 heteroatoms. The summed E-state index contributed by atoms with van der Waals surface area (Å²) in [6.45, 7) is 3.14. The minimum Gasteiger partial charge on any atom is -0.393 e. The molecule has 2 aromatic rings. The van der Waals surface area contributed by atoms with E-state index in [1.54, 1.807) is 0 Å². The Morgan fingerprint density at radius 3 is 2.90 bits per heavy atom. The molecule has 0 radical (unpaired) electrons. The molecular formula is C16H24N2OS. The lowest BCUT2D eigenvalue weighted by atomic mass is 10.1. The molecule has 0 saturated heterocycles. The van der Waals surface area contributed by atoms with Crippen LogP contribution >= 0.6 is 11.8 Å². The molecule has 110 valence electrons. The SMILES string of the molecule is CCCn1c(CC(O)CCCSC)nc2ccccc21. The van der Waals surface area contributed by atoms with Crippen molar-refractivity contribution in [1.82, 2.24) is 9.55 Å². The number of benzene rings is 1. The maximum Gasteiger partial charge on any atom is 0.112 e. The van der Waals surface area contributed by atoms with Gasteiger partial charge in [0.2, 0.25) is 0 Å². The van der Waals surface area contributed by atoms with Gasteiger partial charge in [-0.15, -0.1) is 0 Å². The van der Waals surface area contributed by atoms with Crippen molar-refractivity contribution in [3.63, 3.8) is 0 Å². The second-order valence-electron chi connectivity index (χ2n) is 5.16. The van der Waals surface area contributed by atoms with Gasteiger partial charge in [0, 0.05) is 13.0 Å². The molecule has 0 bridgehead atoms. The first kappa shape index (κ1) is 15.4. The van der Waals surface area contributed by atoms with E-state index in [0.29, 0.717) is 6.42 Å². The summed E-state index contributed by atoms with van der Waals surface area (Å²) in [7, 11) is 0. The molecule has 0 saturated carbocycles. The zero-order chi connectivity index (χ0) is 14.4. The van der Waals surface area contributed by atoms with Crippen LogP contribution in [-0.4, -0.2) is 32.8 Å². The number of aliphatic hydroxyl groups excluding tert-OH is 1. The van der Waals surface area contributed by atoms with E-state index in [0.717, 1.165) is 42.9 Å². The predicted molar refractivity (Wildman–Crippen MR) is 87.4 cm³/mol. The van der Waals surface area contributed by atoms with Crippen LogP contribution in [0.4, 0.5) is 0 Å². The van der Waals surface area contributed by atoms with E-state index in [2.05, 4.69) is 29.9 Å². The van der Waals surface area contributed by atoms with Gasteiger partial charge in [0.25, 0.3) is 0 Å². The van der Waals surface area contributed by atoms with Crippen molar-refractivity contribution in [2.45, 2.75) is 45.3 Å². The normalized spacial score (nSPS) is 12.9. The Morgan fingerprint density at radius 1 is 1.35 bits per heavy atom. The molecule has 1 aromatic heterocycles. The highest BCUT2D eigenvalue weighted by Gasteiger charge is 2.13. The van der Waals surface area contributed by atoms with E-state index in [1.165, 1.54) is 5.52 Å². The highest BCUT2D eigenvalue weighted by atomic mass is 32.2. The molecule has 0 aliphatic rings. The lowest BCUT2D eigenvalue weighted by Gasteiger charge is -2.12. The van der Waals surface area contributed by atoms with E-state index in [1.807, 2.05) is 23.9 Å². The van der Waals surface area contributed by atoms with Crippen molar-refractivity contribution in [1.29, 1.82) is 0 Å². The summed E-state index contributed by atoms with van der Waals surface area (Å²) >= 11 is 1.83. The van der Waals surface area contributed by atoms with Crippen LogP contribution in [0, 0.1) is 0 Å². The third kappa shape index (κ3) is 3.76. The van der Waals surface area contributed by atoms with E-state index in [-0.39, 0.29) is 6.10 Å². The van der Waals surface area contributed by atoms with E-state index >= 15 is 0 Å². The third-order valence-corrected chi connectivity index (χ3v) is 4.18. The van der Waals surface area contributed by atoms with Crippen molar-refractivity contribution >= 4 is 22.8 Å². The molecule has 2 rings (SSSR count). The van der Waals surface area contributed by atoms with Crippen LogP contribution in [0.1, 0.15) is 32.0 Å². The smallest absolute Gasteiger partial charge is 0.112 e. The van der Waals surface area contributed by atoms with Crippen molar-refractivity contribution in [3.05, 3.63) is 30.1 Å². The van der Waals surface area contributed by atoms with Gasteiger partial charge < -0.3 is 9.67 Å². The summed E-state index contributed by atoms with van der Waals surface area (Å²) in [4.78, 5) is 4.70. The third-order valence-electron chi connectivity index (χ3n) is 3.48. The fourth-order valence-corrected chi connectivity index (χ4v) is 2.99. The lowest BCUT2D eigenvalue weighted by molar-refractivity contribution is 0.161. The first-order valence-corrected chi connectivity index (χ1v) is 8.76. The highest BCUT2D eigenvalue weighted by molar-refractivity contribution is 7.98. The minimum atomic E-state index is -0.283. The molecule has 1 N–H and O–H groups in total. The Labute approximate surface area is 125 Å². The number of para-hydroxylation sites is 2. The Bertz CT molecular complexity index is 538. The maximum atomic E-state index is 10.2. The fraction of sp³-hybridized carbons (Fsp3) is 0.562. The van der Waals surface area contributed by atoms with Gasteiger partial charge in [-0.05, 0) is 43.4 Å². The topological polar surface area (TPSA) is 38.0 Å². The molecule has 1 unspecified atom stereocenters. The standard InChI is InChI=1S/C16H24N2OS/c1-3-10-18-15-9-5-4-8-14(15)17-16(18)12-13(19)7-6-11-20-2/h4-5,8-9,13,19H,3,6-7,10-12H2,1-2H3. The van der Waals surface area contributed by atoms with Gasteiger partial charge in [-0.3, -0.25) is 0 Å². The first-order chi connectivity index (χ1) is 9.76. The van der Waals surface area contributed by atoms with Crippen LogP contribution in [0.3, 0.4) is 0 Å². The molecule has 1 heterocycles. The first-order valence-electron chi connectivity index (χ1n) is 7.37. The van der Waals surface area contributed by atoms with Gasteiger partial charge in [0.05, 0.1) is 17.1 Å². The predicted octanol–water partition coefficient (Wildman–Crippen LogP) is 3.49. The van der Waals surface area contributed by atoms with Crippen molar-refractivity contribution in [2.75, 3.05) is 12.0 Å². The molecule has 0 fully saturated rings. The van der Waals surface area contributed by atoms with Crippen LogP contribution in [0.25, 0.3) is 11.0 Å². The van der Waals surface area contributed by atoms with Crippen molar-refractivity contribution in [2.24, 2.45) is 0 Å².